The lowest BCUT2D eigenvalue weighted by atomic mass is 9.78. The molecular weight excluding hydrogens is 781 g/mol. The molecule has 266 valence electrons. The predicted octanol–water partition coefficient (Wildman–Crippen LogP) is 6.53. The lowest BCUT2D eigenvalue weighted by Crippen LogP contribution is -2.47. The van der Waals surface area contributed by atoms with Gasteiger partial charge in [-0.05, 0) is 51.7 Å². The van der Waals surface area contributed by atoms with E-state index in [2.05, 4.69) is 26.2 Å². The van der Waals surface area contributed by atoms with Crippen LogP contribution >= 0.6 is 23.5 Å². The van der Waals surface area contributed by atoms with Crippen LogP contribution in [0.25, 0.3) is 21.8 Å². The van der Waals surface area contributed by atoms with E-state index in [1.165, 1.54) is 6.07 Å². The van der Waals surface area contributed by atoms with Gasteiger partial charge in [0.1, 0.15) is 16.3 Å². The second-order valence-electron chi connectivity index (χ2n) is 12.7. The standard InChI is InChI=1S/C36H28BrF2N4O7PS/c37-29-18-26-15-12-23(16-27(26)17-28(29)36(38,39)51(46,47)48)21-35(34(45)25-6-2-1-3-7-25,43-31-9-5-4-8-30(31)40-42-43)20-22-10-13-24(14-11-22)32-19-33(44)41-52(32,49)50/h1-18,32H,19-21H2,(H,41,44)(H2,46,47,48). The number of hydrogen-bond donors (Lipinski definition) is 3. The number of nitrogens with zero attached hydrogens (tertiary/aromatic N) is 3. The van der Waals surface area contributed by atoms with Gasteiger partial charge >= 0.3 is 13.3 Å². The Labute approximate surface area is 304 Å². The van der Waals surface area contributed by atoms with Crippen LogP contribution in [0.4, 0.5) is 8.78 Å². The second kappa shape index (κ2) is 13.1. The molecule has 1 aliphatic heterocycles. The van der Waals surface area contributed by atoms with Crippen molar-refractivity contribution in [3.05, 3.63) is 141 Å². The van der Waals surface area contributed by atoms with Crippen molar-refractivity contribution in [3.8, 4) is 0 Å². The quantitative estimate of drug-likeness (QED) is 0.103. The summed E-state index contributed by atoms with van der Waals surface area (Å²) < 4.78 is 70.3. The number of benzene rings is 5. The van der Waals surface area contributed by atoms with E-state index in [0.29, 0.717) is 38.7 Å². The molecule has 52 heavy (non-hydrogen) atoms. The molecule has 3 N–H and O–H groups in total. The fourth-order valence-corrected chi connectivity index (χ4v) is 9.39. The lowest BCUT2D eigenvalue weighted by molar-refractivity contribution is -0.118. The third kappa shape index (κ3) is 6.37. The summed E-state index contributed by atoms with van der Waals surface area (Å²) in [6.45, 7) is 0. The first-order valence-corrected chi connectivity index (χ1v) is 19.7. The number of para-hydroxylation sites is 1. The second-order valence-corrected chi connectivity index (χ2v) is 17.0. The van der Waals surface area contributed by atoms with E-state index >= 15 is 4.79 Å². The van der Waals surface area contributed by atoms with Crippen molar-refractivity contribution in [3.63, 3.8) is 0 Å². The van der Waals surface area contributed by atoms with Crippen LogP contribution in [0, 0.1) is 0 Å². The number of nitrogens with one attached hydrogen (secondary N) is 1. The summed E-state index contributed by atoms with van der Waals surface area (Å²) in [5.74, 6) is -0.939. The Morgan fingerprint density at radius 1 is 0.904 bits per heavy atom. The Morgan fingerprint density at radius 3 is 2.23 bits per heavy atom. The highest BCUT2D eigenvalue weighted by atomic mass is 79.9. The van der Waals surface area contributed by atoms with Gasteiger partial charge in [-0.1, -0.05) is 106 Å². The normalized spacial score (nSPS) is 17.2. The highest BCUT2D eigenvalue weighted by Crippen LogP contribution is 2.60. The number of ketones is 1. The Bertz CT molecular complexity index is 2550. The number of halogens is 3. The molecule has 0 bridgehead atoms. The molecule has 7 rings (SSSR count). The van der Waals surface area contributed by atoms with Crippen LogP contribution in [-0.2, 0) is 43.4 Å². The first-order chi connectivity index (χ1) is 24.6. The van der Waals surface area contributed by atoms with E-state index in [0.717, 1.165) is 6.07 Å². The number of rotatable bonds is 10. The molecule has 11 nitrogen and oxygen atoms in total. The Balaban J connectivity index is 1.40. The molecule has 5 aromatic carbocycles. The number of alkyl halides is 2. The van der Waals surface area contributed by atoms with Crippen LogP contribution in [0.3, 0.4) is 0 Å². The molecule has 1 fully saturated rings. The molecule has 1 aromatic heterocycles. The summed E-state index contributed by atoms with van der Waals surface area (Å²) in [5.41, 5.74) is -3.96. The van der Waals surface area contributed by atoms with Crippen molar-refractivity contribution in [2.24, 2.45) is 0 Å². The molecule has 2 heterocycles. The van der Waals surface area contributed by atoms with E-state index in [1.54, 1.807) is 102 Å². The van der Waals surface area contributed by atoms with Gasteiger partial charge in [-0.2, -0.15) is 8.78 Å². The fraction of sp³-hybridized carbons (Fsp3) is 0.167. The highest BCUT2D eigenvalue weighted by molar-refractivity contribution is 9.10. The van der Waals surface area contributed by atoms with Gasteiger partial charge in [0.25, 0.3) is 0 Å². The van der Waals surface area contributed by atoms with Gasteiger partial charge in [-0.25, -0.2) is 13.1 Å². The van der Waals surface area contributed by atoms with Crippen LogP contribution < -0.4 is 4.72 Å². The van der Waals surface area contributed by atoms with Crippen LogP contribution in [0.1, 0.15) is 44.3 Å². The van der Waals surface area contributed by atoms with Gasteiger partial charge in [0.05, 0.1) is 11.9 Å². The van der Waals surface area contributed by atoms with Crippen molar-refractivity contribution in [1.82, 2.24) is 19.7 Å². The minimum atomic E-state index is -5.88. The molecule has 0 saturated carbocycles. The number of hydrogen-bond acceptors (Lipinski definition) is 7. The Hall–Kier alpha value is -4.66. The molecule has 2 unspecified atom stereocenters. The highest BCUT2D eigenvalue weighted by Gasteiger charge is 2.51. The summed E-state index contributed by atoms with van der Waals surface area (Å²) in [5, 5.41) is 8.52. The largest absolute Gasteiger partial charge is 0.399 e. The lowest BCUT2D eigenvalue weighted by Gasteiger charge is -2.34. The van der Waals surface area contributed by atoms with E-state index < -0.39 is 45.5 Å². The maximum atomic E-state index is 15.0. The van der Waals surface area contributed by atoms with E-state index in [9.17, 15) is 36.3 Å². The van der Waals surface area contributed by atoms with Crippen molar-refractivity contribution >= 4 is 67.0 Å². The molecule has 0 aliphatic carbocycles. The minimum absolute atomic E-state index is 0.0167. The molecule has 1 saturated heterocycles. The average molecular weight is 810 g/mol. The SMILES string of the molecule is O=C1CC(c2ccc(CC(Cc3ccc4cc(Br)c(C(F)(F)P(=O)(O)O)cc4c3)(C(=O)c3ccccc3)n3nnc4ccccc43)cc2)S(=O)(=O)N1. The van der Waals surface area contributed by atoms with Crippen LogP contribution in [-0.4, -0.2) is 44.9 Å². The van der Waals surface area contributed by atoms with Crippen LogP contribution in [0.2, 0.25) is 0 Å². The number of fused-ring (bicyclic) bond motifs is 2. The molecule has 6 aromatic rings. The third-order valence-corrected chi connectivity index (χ3v) is 12.6. The average Bonchev–Trinajstić information content (AvgIpc) is 3.66. The molecule has 0 radical (unpaired) electrons. The van der Waals surface area contributed by atoms with E-state index in [4.69, 9.17) is 0 Å². The zero-order valence-electron chi connectivity index (χ0n) is 26.9. The topological polar surface area (TPSA) is 169 Å². The molecule has 1 amide bonds. The molecule has 2 atom stereocenters. The van der Waals surface area contributed by atoms with Gasteiger partial charge in [-0.3, -0.25) is 18.9 Å². The summed E-state index contributed by atoms with van der Waals surface area (Å²) in [6, 6.07) is 29.6. The van der Waals surface area contributed by atoms with Crippen molar-refractivity contribution in [2.45, 2.75) is 35.7 Å². The monoisotopic (exact) mass is 808 g/mol. The van der Waals surface area contributed by atoms with Gasteiger partial charge in [0.2, 0.25) is 15.9 Å². The van der Waals surface area contributed by atoms with E-state index in [1.807, 2.05) is 4.72 Å². The summed E-state index contributed by atoms with van der Waals surface area (Å²) in [6.07, 6.45) is -0.242. The van der Waals surface area contributed by atoms with Crippen molar-refractivity contribution in [2.75, 3.05) is 0 Å². The van der Waals surface area contributed by atoms with Gasteiger partial charge in [0, 0.05) is 28.4 Å². The number of sulfonamides is 1. The number of carbonyl (C=O) groups is 2. The minimum Gasteiger partial charge on any atom is -0.320 e. The molecular formula is C36H28BrF2N4O7PS. The summed E-state index contributed by atoms with van der Waals surface area (Å²) in [7, 11) is -9.78. The Morgan fingerprint density at radius 2 is 1.56 bits per heavy atom. The van der Waals surface area contributed by atoms with Crippen LogP contribution in [0.15, 0.2) is 114 Å². The van der Waals surface area contributed by atoms with Gasteiger partial charge < -0.3 is 9.79 Å². The zero-order chi connectivity index (χ0) is 37.1. The van der Waals surface area contributed by atoms with Crippen molar-refractivity contribution < 1.29 is 41.1 Å². The van der Waals surface area contributed by atoms with Crippen molar-refractivity contribution in [1.29, 1.82) is 0 Å². The molecule has 0 spiro atoms. The number of amides is 1. The Kier molecular flexibility index (Phi) is 8.99. The first-order valence-electron chi connectivity index (χ1n) is 15.8. The zero-order valence-corrected chi connectivity index (χ0v) is 30.2. The predicted molar refractivity (Wildman–Crippen MR) is 192 cm³/mol. The summed E-state index contributed by atoms with van der Waals surface area (Å²) >= 11 is 3.04. The van der Waals surface area contributed by atoms with E-state index in [-0.39, 0.29) is 34.9 Å². The maximum Gasteiger partial charge on any atom is 0.399 e. The number of carbonyl (C=O) groups excluding carboxylic acids is 2. The number of aromatic nitrogens is 3. The first kappa shape index (κ1) is 35.7. The van der Waals surface area contributed by atoms with Gasteiger partial charge in [-0.15, -0.1) is 5.10 Å². The van der Waals surface area contributed by atoms with Crippen LogP contribution in [0.5, 0.6) is 0 Å². The fourth-order valence-electron chi connectivity index (χ4n) is 6.70. The third-order valence-electron chi connectivity index (χ3n) is 9.24. The molecule has 16 heteroatoms. The maximum absolute atomic E-state index is 15.0. The molecule has 1 aliphatic rings. The van der Waals surface area contributed by atoms with Gasteiger partial charge in [0.15, 0.2) is 5.78 Å². The number of Topliss-reactive ketones (excluding diaryl/α,β-unsaturated/α-hetero) is 1. The smallest absolute Gasteiger partial charge is 0.320 e. The summed E-state index contributed by atoms with van der Waals surface area (Å²) in [4.78, 5) is 45.8.